The molecule has 0 amide bonds. The van der Waals surface area contributed by atoms with Crippen molar-refractivity contribution in [2.24, 2.45) is 5.92 Å². The number of nitrogens with zero attached hydrogens (tertiary/aromatic N) is 3. The highest BCUT2D eigenvalue weighted by Gasteiger charge is 2.36. The zero-order chi connectivity index (χ0) is 14.6. The Morgan fingerprint density at radius 3 is 3.00 bits per heavy atom. The quantitative estimate of drug-likeness (QED) is 0.915. The van der Waals surface area contributed by atoms with Gasteiger partial charge in [-0.05, 0) is 45.0 Å². The van der Waals surface area contributed by atoms with E-state index in [1.54, 1.807) is 6.20 Å². The Morgan fingerprint density at radius 2 is 2.35 bits per heavy atom. The van der Waals surface area contributed by atoms with Crippen molar-refractivity contribution >= 4 is 5.69 Å². The van der Waals surface area contributed by atoms with E-state index in [0.29, 0.717) is 5.69 Å². The van der Waals surface area contributed by atoms with Gasteiger partial charge in [0.25, 0.3) is 0 Å². The number of hydrogen-bond acceptors (Lipinski definition) is 4. The van der Waals surface area contributed by atoms with Gasteiger partial charge < -0.3 is 10.2 Å². The van der Waals surface area contributed by atoms with E-state index in [4.69, 9.17) is 5.26 Å². The van der Waals surface area contributed by atoms with Crippen LogP contribution in [0.3, 0.4) is 0 Å². The van der Waals surface area contributed by atoms with Crippen LogP contribution in [0.2, 0.25) is 0 Å². The Bertz CT molecular complexity index is 491. The number of nitrogens with one attached hydrogen (secondary N) is 1. The lowest BCUT2D eigenvalue weighted by Crippen LogP contribution is -2.52. The second kappa shape index (κ2) is 6.23. The van der Waals surface area contributed by atoms with Crippen LogP contribution >= 0.6 is 0 Å². The first-order valence-corrected chi connectivity index (χ1v) is 7.33. The normalized spacial score (nSPS) is 26.2. The lowest BCUT2D eigenvalue weighted by Gasteiger charge is -2.45. The summed E-state index contributed by atoms with van der Waals surface area (Å²) in [6, 6.07) is 5.83. The van der Waals surface area contributed by atoms with Crippen LogP contribution in [0.15, 0.2) is 18.3 Å². The molecule has 1 aliphatic carbocycles. The van der Waals surface area contributed by atoms with Gasteiger partial charge in [0.15, 0.2) is 0 Å². The highest BCUT2D eigenvalue weighted by Crippen LogP contribution is 2.35. The van der Waals surface area contributed by atoms with Crippen LogP contribution in [0, 0.1) is 17.2 Å². The molecule has 0 bridgehead atoms. The molecule has 108 valence electrons. The van der Waals surface area contributed by atoms with Crippen LogP contribution in [0.1, 0.15) is 38.3 Å². The van der Waals surface area contributed by atoms with Gasteiger partial charge in [-0.1, -0.05) is 19.8 Å². The van der Waals surface area contributed by atoms with Gasteiger partial charge in [-0.2, -0.15) is 5.26 Å². The van der Waals surface area contributed by atoms with Gasteiger partial charge in [0.1, 0.15) is 11.8 Å². The first kappa shape index (κ1) is 14.8. The molecule has 0 aliphatic heterocycles. The van der Waals surface area contributed by atoms with Crippen molar-refractivity contribution in [3.05, 3.63) is 24.0 Å². The molecule has 1 fully saturated rings. The predicted octanol–water partition coefficient (Wildman–Crippen LogP) is 2.88. The second-order valence-electron chi connectivity index (χ2n) is 6.22. The maximum absolute atomic E-state index is 8.90. The first-order valence-electron chi connectivity index (χ1n) is 7.33. The Morgan fingerprint density at radius 1 is 1.55 bits per heavy atom. The monoisotopic (exact) mass is 272 g/mol. The number of nitriles is 1. The average molecular weight is 272 g/mol. The van der Waals surface area contributed by atoms with E-state index < -0.39 is 0 Å². The summed E-state index contributed by atoms with van der Waals surface area (Å²) in [5.74, 6) is 0.778. The fourth-order valence-electron chi connectivity index (χ4n) is 3.23. The standard InChI is InChI=1S/C16H24N4/c1-13-5-4-7-16(10-13,20(2)3)12-19-14-6-8-18-15(9-14)11-17/h6,8-9,13H,4-5,7,10,12H2,1-3H3,(H,18,19). The summed E-state index contributed by atoms with van der Waals surface area (Å²) in [6.07, 6.45) is 6.77. The third-order valence-corrected chi connectivity index (χ3v) is 4.51. The van der Waals surface area contributed by atoms with Gasteiger partial charge in [0.2, 0.25) is 0 Å². The van der Waals surface area contributed by atoms with Crippen molar-refractivity contribution in [3.8, 4) is 6.07 Å². The average Bonchev–Trinajstić information content (AvgIpc) is 2.45. The molecule has 0 radical (unpaired) electrons. The van der Waals surface area contributed by atoms with Gasteiger partial charge in [-0.3, -0.25) is 0 Å². The lowest BCUT2D eigenvalue weighted by molar-refractivity contribution is 0.0882. The second-order valence-corrected chi connectivity index (χ2v) is 6.22. The number of likely N-dealkylation sites (N-methyl/N-ethyl adjacent to an activating group) is 1. The minimum Gasteiger partial charge on any atom is -0.383 e. The van der Waals surface area contributed by atoms with E-state index in [2.05, 4.69) is 42.3 Å². The SMILES string of the molecule is CC1CCCC(CNc2ccnc(C#N)c2)(N(C)C)C1. The van der Waals surface area contributed by atoms with E-state index in [0.717, 1.165) is 18.2 Å². The van der Waals surface area contributed by atoms with Crippen molar-refractivity contribution in [2.45, 2.75) is 38.1 Å². The summed E-state index contributed by atoms with van der Waals surface area (Å²) in [4.78, 5) is 6.37. The molecule has 1 heterocycles. The van der Waals surface area contributed by atoms with Crippen LogP contribution in [0.5, 0.6) is 0 Å². The minimum absolute atomic E-state index is 0.216. The highest BCUT2D eigenvalue weighted by atomic mass is 15.2. The van der Waals surface area contributed by atoms with Crippen LogP contribution in [-0.4, -0.2) is 36.1 Å². The molecule has 0 spiro atoms. The van der Waals surface area contributed by atoms with Gasteiger partial charge in [-0.25, -0.2) is 4.98 Å². The topological polar surface area (TPSA) is 52.0 Å². The maximum atomic E-state index is 8.90. The molecule has 4 heteroatoms. The zero-order valence-corrected chi connectivity index (χ0v) is 12.7. The van der Waals surface area contributed by atoms with Gasteiger partial charge in [0, 0.05) is 24.0 Å². The number of anilines is 1. The number of rotatable bonds is 4. The Balaban J connectivity index is 2.07. The molecule has 1 aliphatic rings. The van der Waals surface area contributed by atoms with Crippen molar-refractivity contribution in [1.82, 2.24) is 9.88 Å². The van der Waals surface area contributed by atoms with Crippen molar-refractivity contribution in [2.75, 3.05) is 26.0 Å². The summed E-state index contributed by atoms with van der Waals surface area (Å²) in [7, 11) is 4.35. The van der Waals surface area contributed by atoms with Gasteiger partial charge in [-0.15, -0.1) is 0 Å². The summed E-state index contributed by atoms with van der Waals surface area (Å²) < 4.78 is 0. The van der Waals surface area contributed by atoms with E-state index >= 15 is 0 Å². The van der Waals surface area contributed by atoms with Gasteiger partial charge in [0.05, 0.1) is 0 Å². The molecule has 4 nitrogen and oxygen atoms in total. The predicted molar refractivity (Wildman–Crippen MR) is 81.5 cm³/mol. The fourth-order valence-corrected chi connectivity index (χ4v) is 3.23. The molecule has 2 unspecified atom stereocenters. The fraction of sp³-hybridized carbons (Fsp3) is 0.625. The molecule has 1 aromatic heterocycles. The van der Waals surface area contributed by atoms with Crippen molar-refractivity contribution < 1.29 is 0 Å². The highest BCUT2D eigenvalue weighted by molar-refractivity contribution is 5.46. The summed E-state index contributed by atoms with van der Waals surface area (Å²) >= 11 is 0. The summed E-state index contributed by atoms with van der Waals surface area (Å²) in [5, 5.41) is 12.4. The number of aromatic nitrogens is 1. The van der Waals surface area contributed by atoms with Crippen LogP contribution < -0.4 is 5.32 Å². The third-order valence-electron chi connectivity index (χ3n) is 4.51. The molecule has 2 atom stereocenters. The third kappa shape index (κ3) is 3.29. The molecule has 1 aromatic rings. The molecule has 0 saturated heterocycles. The first-order chi connectivity index (χ1) is 9.55. The Labute approximate surface area is 121 Å². The van der Waals surface area contributed by atoms with Crippen LogP contribution in [0.25, 0.3) is 0 Å². The molecule has 1 saturated carbocycles. The molecule has 0 aromatic carbocycles. The Hall–Kier alpha value is -1.60. The van der Waals surface area contributed by atoms with Crippen molar-refractivity contribution in [1.29, 1.82) is 5.26 Å². The van der Waals surface area contributed by atoms with Crippen LogP contribution in [-0.2, 0) is 0 Å². The van der Waals surface area contributed by atoms with Gasteiger partial charge >= 0.3 is 0 Å². The Kier molecular flexibility index (Phi) is 4.61. The number of pyridine rings is 1. The van der Waals surface area contributed by atoms with E-state index in [1.807, 2.05) is 12.1 Å². The largest absolute Gasteiger partial charge is 0.383 e. The summed E-state index contributed by atoms with van der Waals surface area (Å²) in [6.45, 7) is 3.26. The molecular weight excluding hydrogens is 248 g/mol. The molecule has 20 heavy (non-hydrogen) atoms. The smallest absolute Gasteiger partial charge is 0.142 e. The molecule has 1 N–H and O–H groups in total. The molecule has 2 rings (SSSR count). The minimum atomic E-state index is 0.216. The van der Waals surface area contributed by atoms with E-state index in [1.165, 1.54) is 25.7 Å². The lowest BCUT2D eigenvalue weighted by atomic mass is 9.75. The summed E-state index contributed by atoms with van der Waals surface area (Å²) in [5.41, 5.74) is 1.66. The van der Waals surface area contributed by atoms with E-state index in [-0.39, 0.29) is 5.54 Å². The van der Waals surface area contributed by atoms with E-state index in [9.17, 15) is 0 Å². The molecular formula is C16H24N4. The maximum Gasteiger partial charge on any atom is 0.142 e. The zero-order valence-electron chi connectivity index (χ0n) is 12.7. The van der Waals surface area contributed by atoms with Crippen molar-refractivity contribution in [3.63, 3.8) is 0 Å². The van der Waals surface area contributed by atoms with Crippen LogP contribution in [0.4, 0.5) is 5.69 Å². The number of hydrogen-bond donors (Lipinski definition) is 1.